The number of hydrogen-bond donors (Lipinski definition) is 0. The second kappa shape index (κ2) is 10.2. The van der Waals surface area contributed by atoms with Gasteiger partial charge in [-0.1, -0.05) is 11.8 Å². The first-order chi connectivity index (χ1) is 14.4. The third-order valence-corrected chi connectivity index (χ3v) is 4.87. The summed E-state index contributed by atoms with van der Waals surface area (Å²) in [6, 6.07) is 0. The van der Waals surface area contributed by atoms with E-state index >= 15 is 0 Å². The largest absolute Gasteiger partial charge is 0.463 e. The van der Waals surface area contributed by atoms with Crippen LogP contribution in [-0.2, 0) is 42.9 Å². The number of carbonyl (C=O) groups excluding carboxylic acids is 4. The van der Waals surface area contributed by atoms with Crippen LogP contribution in [0.25, 0.3) is 0 Å². The summed E-state index contributed by atoms with van der Waals surface area (Å²) in [4.78, 5) is 50.4. The van der Waals surface area contributed by atoms with Gasteiger partial charge < -0.3 is 23.7 Å². The van der Waals surface area contributed by atoms with Crippen LogP contribution in [0.5, 0.6) is 0 Å². The van der Waals surface area contributed by atoms with Crippen LogP contribution < -0.4 is 0 Å². The molecule has 0 spiro atoms. The molecule has 2 heterocycles. The van der Waals surface area contributed by atoms with Crippen LogP contribution in [0.4, 0.5) is 0 Å². The summed E-state index contributed by atoms with van der Waals surface area (Å²) >= 11 is 1.25. The number of nitrogens with zero attached hydrogens (tertiary/aromatic N) is 3. The van der Waals surface area contributed by atoms with Crippen molar-refractivity contribution in [3.8, 4) is 0 Å². The summed E-state index contributed by atoms with van der Waals surface area (Å²) in [6.45, 7) is 8.00. The van der Waals surface area contributed by atoms with Gasteiger partial charge in [-0.3, -0.25) is 19.2 Å². The molecule has 0 aromatic rings. The first-order valence-corrected chi connectivity index (χ1v) is 10.2. The predicted molar refractivity (Wildman–Crippen MR) is 106 cm³/mol. The number of rotatable bonds is 6. The first-order valence-electron chi connectivity index (χ1n) is 9.38. The highest BCUT2D eigenvalue weighted by Crippen LogP contribution is 2.36. The molecular formula is C18H25N3O9S. The van der Waals surface area contributed by atoms with Crippen LogP contribution >= 0.6 is 11.8 Å². The fraction of sp³-hybridized carbons (Fsp3) is 0.722. The predicted octanol–water partition coefficient (Wildman–Crippen LogP) is 1.36. The molecule has 13 heteroatoms. The second-order valence-electron chi connectivity index (χ2n) is 7.25. The molecule has 2 aliphatic heterocycles. The molecule has 0 aliphatic carbocycles. The molecule has 1 fully saturated rings. The summed E-state index contributed by atoms with van der Waals surface area (Å²) in [5, 5.41) is 8.31. The van der Waals surface area contributed by atoms with Gasteiger partial charge >= 0.3 is 23.9 Å². The van der Waals surface area contributed by atoms with Gasteiger partial charge in [-0.25, -0.2) is 4.99 Å². The minimum atomic E-state index is -1.27. The Hall–Kier alpha value is -2.54. The molecule has 2 aliphatic rings. The molecule has 31 heavy (non-hydrogen) atoms. The van der Waals surface area contributed by atoms with E-state index in [1.54, 1.807) is 0 Å². The van der Waals surface area contributed by atoms with Gasteiger partial charge in [0.25, 0.3) is 0 Å². The zero-order valence-corrected chi connectivity index (χ0v) is 18.8. The Morgan fingerprint density at radius 1 is 0.935 bits per heavy atom. The number of carbonyl (C=O) groups is 4. The fourth-order valence-corrected chi connectivity index (χ4v) is 3.66. The molecule has 0 aromatic carbocycles. The maximum absolute atomic E-state index is 11.8. The van der Waals surface area contributed by atoms with E-state index in [1.807, 2.05) is 13.8 Å². The second-order valence-corrected chi connectivity index (χ2v) is 8.82. The van der Waals surface area contributed by atoms with Crippen LogP contribution in [0.3, 0.4) is 0 Å². The summed E-state index contributed by atoms with van der Waals surface area (Å²) in [6.07, 6.45) is -6.02. The fourth-order valence-electron chi connectivity index (χ4n) is 2.90. The van der Waals surface area contributed by atoms with Crippen molar-refractivity contribution < 1.29 is 42.9 Å². The molecule has 0 saturated carbocycles. The van der Waals surface area contributed by atoms with Gasteiger partial charge in [0.2, 0.25) is 5.17 Å². The number of azo groups is 1. The highest BCUT2D eigenvalue weighted by molar-refractivity contribution is 8.15. The number of ether oxygens (including phenoxy) is 5. The van der Waals surface area contributed by atoms with E-state index in [2.05, 4.69) is 15.2 Å². The van der Waals surface area contributed by atoms with Crippen LogP contribution in [0.2, 0.25) is 0 Å². The Morgan fingerprint density at radius 2 is 1.48 bits per heavy atom. The summed E-state index contributed by atoms with van der Waals surface area (Å²) in [5.74, 6) is -2.71. The van der Waals surface area contributed by atoms with Crippen molar-refractivity contribution in [2.24, 2.45) is 15.2 Å². The van der Waals surface area contributed by atoms with Gasteiger partial charge in [0.05, 0.1) is 0 Å². The molecule has 5 atom stereocenters. The van der Waals surface area contributed by atoms with Crippen LogP contribution in [-0.4, -0.2) is 71.2 Å². The standard InChI is InChI=1S/C18H25N3O9S/c1-8(22)26-7-12-13(27-9(2)23)14(28-10(3)24)15(29-11(4)25)16(30-12)19-17-20-21-18(5,6)31-17/h12-16H,7H2,1-6H3/b19-17+/t12-,13-,14+,15-,16-/m1/s1. The lowest BCUT2D eigenvalue weighted by Crippen LogP contribution is -2.62. The zero-order chi connectivity index (χ0) is 23.3. The molecule has 0 aromatic heterocycles. The molecular weight excluding hydrogens is 434 g/mol. The third-order valence-electron chi connectivity index (χ3n) is 3.92. The molecule has 0 bridgehead atoms. The summed E-state index contributed by atoms with van der Waals surface area (Å²) in [7, 11) is 0. The Bertz CT molecular complexity index is 798. The van der Waals surface area contributed by atoms with Crippen molar-refractivity contribution in [1.29, 1.82) is 0 Å². The molecule has 0 amide bonds. The number of hydrogen-bond acceptors (Lipinski definition) is 12. The van der Waals surface area contributed by atoms with Crippen molar-refractivity contribution in [2.75, 3.05) is 6.61 Å². The van der Waals surface area contributed by atoms with E-state index < -0.39 is 59.4 Å². The van der Waals surface area contributed by atoms with Gasteiger partial charge in [0, 0.05) is 27.7 Å². The first kappa shape index (κ1) is 24.7. The van der Waals surface area contributed by atoms with Crippen molar-refractivity contribution in [3.63, 3.8) is 0 Å². The van der Waals surface area contributed by atoms with Gasteiger partial charge in [-0.05, 0) is 13.8 Å². The average Bonchev–Trinajstić information content (AvgIpc) is 2.95. The van der Waals surface area contributed by atoms with Crippen molar-refractivity contribution in [2.45, 2.75) is 77.1 Å². The molecule has 172 valence electrons. The molecule has 0 N–H and O–H groups in total. The normalized spacial score (nSPS) is 30.5. The smallest absolute Gasteiger partial charge is 0.303 e. The number of esters is 4. The van der Waals surface area contributed by atoms with E-state index in [0.717, 1.165) is 20.8 Å². The Morgan fingerprint density at radius 3 is 1.97 bits per heavy atom. The lowest BCUT2D eigenvalue weighted by atomic mass is 9.97. The number of aliphatic imine (C=N–C) groups is 1. The van der Waals surface area contributed by atoms with Crippen LogP contribution in [0, 0.1) is 0 Å². The maximum Gasteiger partial charge on any atom is 0.303 e. The Labute approximate surface area is 183 Å². The Kier molecular flexibility index (Phi) is 8.12. The van der Waals surface area contributed by atoms with Crippen molar-refractivity contribution in [3.05, 3.63) is 0 Å². The van der Waals surface area contributed by atoms with Crippen molar-refractivity contribution in [1.82, 2.24) is 0 Å². The highest BCUT2D eigenvalue weighted by Gasteiger charge is 2.52. The minimum absolute atomic E-state index is 0.255. The van der Waals surface area contributed by atoms with E-state index in [-0.39, 0.29) is 11.8 Å². The monoisotopic (exact) mass is 459 g/mol. The van der Waals surface area contributed by atoms with Crippen LogP contribution in [0.1, 0.15) is 41.5 Å². The van der Waals surface area contributed by atoms with E-state index in [0.29, 0.717) is 0 Å². The van der Waals surface area contributed by atoms with Gasteiger partial charge in [-0.2, -0.15) is 5.11 Å². The lowest BCUT2D eigenvalue weighted by Gasteiger charge is -2.43. The van der Waals surface area contributed by atoms with Gasteiger partial charge in [-0.15, -0.1) is 5.11 Å². The molecule has 1 saturated heterocycles. The van der Waals surface area contributed by atoms with Gasteiger partial charge in [0.15, 0.2) is 24.5 Å². The molecule has 12 nitrogen and oxygen atoms in total. The summed E-state index contributed by atoms with van der Waals surface area (Å²) < 4.78 is 26.9. The minimum Gasteiger partial charge on any atom is -0.463 e. The zero-order valence-electron chi connectivity index (χ0n) is 18.0. The van der Waals surface area contributed by atoms with E-state index in [9.17, 15) is 19.2 Å². The van der Waals surface area contributed by atoms with Crippen LogP contribution in [0.15, 0.2) is 15.2 Å². The maximum atomic E-state index is 11.8. The number of amidine groups is 1. The average molecular weight is 459 g/mol. The van der Waals surface area contributed by atoms with Gasteiger partial charge in [0.1, 0.15) is 17.6 Å². The molecule has 2 rings (SSSR count). The molecule has 0 unspecified atom stereocenters. The quantitative estimate of drug-likeness (QED) is 0.420. The Balaban J connectivity index is 2.46. The highest BCUT2D eigenvalue weighted by atomic mass is 32.2. The molecule has 0 radical (unpaired) electrons. The number of thioether (sulfide) groups is 1. The third kappa shape index (κ3) is 7.28. The summed E-state index contributed by atoms with van der Waals surface area (Å²) in [5.41, 5.74) is 0. The van der Waals surface area contributed by atoms with Crippen molar-refractivity contribution >= 4 is 40.8 Å². The van der Waals surface area contributed by atoms with E-state index in [1.165, 1.54) is 18.7 Å². The lowest BCUT2D eigenvalue weighted by molar-refractivity contribution is -0.250. The van der Waals surface area contributed by atoms with E-state index in [4.69, 9.17) is 23.7 Å². The SMILES string of the molecule is CC(=O)OC[C@H]1O[C@@H](/N=C2\N=NC(C)(C)S2)[C@H](OC(C)=O)[C@@H](OC(C)=O)[C@@H]1OC(C)=O. The topological polar surface area (TPSA) is 152 Å².